The highest BCUT2D eigenvalue weighted by Gasteiger charge is 1.95. The number of aromatic nitrogens is 2. The number of hydrogen-bond donors (Lipinski definition) is 1. The lowest BCUT2D eigenvalue weighted by atomic mass is 10.3. The van der Waals surface area contributed by atoms with Crippen LogP contribution in [0, 0.1) is 0 Å². The minimum atomic E-state index is 0.766. The summed E-state index contributed by atoms with van der Waals surface area (Å²) in [5.41, 5.74) is 2.21. The summed E-state index contributed by atoms with van der Waals surface area (Å²) in [5, 5.41) is 3.32. The monoisotopic (exact) mass is 277 g/mol. The highest BCUT2D eigenvalue weighted by atomic mass is 79.9. The molecule has 1 N–H and O–H groups in total. The van der Waals surface area contributed by atoms with Crippen molar-refractivity contribution in [1.29, 1.82) is 0 Å². The number of nitrogens with zero attached hydrogens (tertiary/aromatic N) is 2. The third-order valence-corrected chi connectivity index (χ3v) is 2.62. The van der Waals surface area contributed by atoms with E-state index in [2.05, 4.69) is 37.3 Å². The summed E-state index contributed by atoms with van der Waals surface area (Å²) >= 11 is 3.36. The molecule has 3 nitrogen and oxygen atoms in total. The molecule has 0 unspecified atom stereocenters. The van der Waals surface area contributed by atoms with E-state index in [4.69, 9.17) is 0 Å². The maximum Gasteiger partial charge on any atom is 0.0542 e. The van der Waals surface area contributed by atoms with Crippen LogP contribution in [0.3, 0.4) is 0 Å². The highest BCUT2D eigenvalue weighted by molar-refractivity contribution is 9.10. The lowest BCUT2D eigenvalue weighted by Gasteiger charge is -2.03. The molecule has 4 heteroatoms. The van der Waals surface area contributed by atoms with Crippen LogP contribution in [-0.2, 0) is 13.1 Å². The summed E-state index contributed by atoms with van der Waals surface area (Å²) in [7, 11) is 0. The van der Waals surface area contributed by atoms with Gasteiger partial charge in [0.1, 0.15) is 0 Å². The molecule has 0 bridgehead atoms. The topological polar surface area (TPSA) is 37.8 Å². The first-order valence-electron chi connectivity index (χ1n) is 5.04. The second-order valence-electron chi connectivity index (χ2n) is 3.43. The van der Waals surface area contributed by atoms with Crippen molar-refractivity contribution in [1.82, 2.24) is 15.3 Å². The Kier molecular flexibility index (Phi) is 4.02. The van der Waals surface area contributed by atoms with Crippen molar-refractivity contribution in [2.45, 2.75) is 13.1 Å². The molecule has 2 aromatic heterocycles. The molecular weight excluding hydrogens is 266 g/mol. The average molecular weight is 278 g/mol. The fourth-order valence-corrected chi connectivity index (χ4v) is 1.58. The fraction of sp³-hybridized carbons (Fsp3) is 0.167. The molecule has 0 fully saturated rings. The second kappa shape index (κ2) is 5.72. The summed E-state index contributed by atoms with van der Waals surface area (Å²) in [6.45, 7) is 1.58. The Hall–Kier alpha value is -1.26. The van der Waals surface area contributed by atoms with Gasteiger partial charge in [0.25, 0.3) is 0 Å². The average Bonchev–Trinajstić information content (AvgIpc) is 2.33. The molecule has 0 radical (unpaired) electrons. The summed E-state index contributed by atoms with van der Waals surface area (Å²) in [6, 6.07) is 7.98. The van der Waals surface area contributed by atoms with Crippen LogP contribution in [0.2, 0.25) is 0 Å². The van der Waals surface area contributed by atoms with Crippen LogP contribution in [0.5, 0.6) is 0 Å². The zero-order chi connectivity index (χ0) is 11.2. The van der Waals surface area contributed by atoms with Gasteiger partial charge >= 0.3 is 0 Å². The minimum Gasteiger partial charge on any atom is -0.307 e. The van der Waals surface area contributed by atoms with Gasteiger partial charge in [-0.25, -0.2) is 0 Å². The van der Waals surface area contributed by atoms with E-state index >= 15 is 0 Å². The maximum atomic E-state index is 4.28. The molecule has 0 saturated carbocycles. The van der Waals surface area contributed by atoms with Crippen molar-refractivity contribution in [3.05, 3.63) is 58.6 Å². The Labute approximate surface area is 103 Å². The number of hydrogen-bond acceptors (Lipinski definition) is 3. The second-order valence-corrected chi connectivity index (χ2v) is 4.35. The largest absolute Gasteiger partial charge is 0.307 e. The molecule has 82 valence electrons. The molecule has 2 heterocycles. The molecule has 0 aromatic carbocycles. The highest BCUT2D eigenvalue weighted by Crippen LogP contribution is 2.07. The smallest absolute Gasteiger partial charge is 0.0542 e. The lowest BCUT2D eigenvalue weighted by Crippen LogP contribution is -2.13. The van der Waals surface area contributed by atoms with Gasteiger partial charge < -0.3 is 5.32 Å². The number of rotatable bonds is 4. The van der Waals surface area contributed by atoms with E-state index in [-0.39, 0.29) is 0 Å². The number of nitrogens with one attached hydrogen (secondary N) is 1. The van der Waals surface area contributed by atoms with E-state index < -0.39 is 0 Å². The van der Waals surface area contributed by atoms with E-state index in [1.807, 2.05) is 24.4 Å². The van der Waals surface area contributed by atoms with E-state index in [0.29, 0.717) is 0 Å². The summed E-state index contributed by atoms with van der Waals surface area (Å²) in [6.07, 6.45) is 5.45. The van der Waals surface area contributed by atoms with Gasteiger partial charge in [0.15, 0.2) is 0 Å². The van der Waals surface area contributed by atoms with Gasteiger partial charge in [-0.2, -0.15) is 0 Å². The third kappa shape index (κ3) is 3.40. The third-order valence-electron chi connectivity index (χ3n) is 2.15. The van der Waals surface area contributed by atoms with Gasteiger partial charge in [-0.1, -0.05) is 6.07 Å². The van der Waals surface area contributed by atoms with E-state index in [1.165, 1.54) is 5.56 Å². The number of halogens is 1. The SMILES string of the molecule is Brc1ccc(CNCc2cccnc2)nc1. The molecule has 0 aliphatic carbocycles. The van der Waals surface area contributed by atoms with Gasteiger partial charge in [-0.05, 0) is 39.7 Å². The lowest BCUT2D eigenvalue weighted by molar-refractivity contribution is 0.678. The normalized spacial score (nSPS) is 10.3. The zero-order valence-electron chi connectivity index (χ0n) is 8.73. The van der Waals surface area contributed by atoms with Gasteiger partial charge in [0, 0.05) is 36.2 Å². The Morgan fingerprint density at radius 1 is 1.12 bits per heavy atom. The molecule has 0 spiro atoms. The summed E-state index contributed by atoms with van der Waals surface area (Å²) in [4.78, 5) is 8.34. The van der Waals surface area contributed by atoms with E-state index in [9.17, 15) is 0 Å². The molecule has 0 aliphatic rings. The first-order chi connectivity index (χ1) is 7.84. The van der Waals surface area contributed by atoms with Crippen molar-refractivity contribution in [3.8, 4) is 0 Å². The standard InChI is InChI=1S/C12H12BrN3/c13-11-3-4-12(16-8-11)9-15-7-10-2-1-5-14-6-10/h1-6,8,15H,7,9H2. The van der Waals surface area contributed by atoms with Crippen LogP contribution >= 0.6 is 15.9 Å². The quantitative estimate of drug-likeness (QED) is 0.933. The molecule has 0 saturated heterocycles. The zero-order valence-corrected chi connectivity index (χ0v) is 10.3. The first-order valence-corrected chi connectivity index (χ1v) is 5.84. The molecule has 0 amide bonds. The fourth-order valence-electron chi connectivity index (χ4n) is 1.35. The first kappa shape index (κ1) is 11.2. The summed E-state index contributed by atoms with van der Waals surface area (Å²) in [5.74, 6) is 0. The van der Waals surface area contributed by atoms with Crippen molar-refractivity contribution < 1.29 is 0 Å². The van der Waals surface area contributed by atoms with Gasteiger partial charge in [0.2, 0.25) is 0 Å². The van der Waals surface area contributed by atoms with Crippen molar-refractivity contribution in [2.75, 3.05) is 0 Å². The van der Waals surface area contributed by atoms with Gasteiger partial charge in [-0.15, -0.1) is 0 Å². The van der Waals surface area contributed by atoms with Crippen molar-refractivity contribution >= 4 is 15.9 Å². The molecule has 0 atom stereocenters. The Morgan fingerprint density at radius 2 is 2.06 bits per heavy atom. The van der Waals surface area contributed by atoms with Crippen LogP contribution in [0.1, 0.15) is 11.3 Å². The Balaban J connectivity index is 1.82. The molecule has 2 aromatic rings. The van der Waals surface area contributed by atoms with Crippen LogP contribution in [0.4, 0.5) is 0 Å². The Morgan fingerprint density at radius 3 is 2.75 bits per heavy atom. The number of pyridine rings is 2. The van der Waals surface area contributed by atoms with Crippen LogP contribution in [0.25, 0.3) is 0 Å². The molecular formula is C12H12BrN3. The maximum absolute atomic E-state index is 4.28. The van der Waals surface area contributed by atoms with Gasteiger partial charge in [0.05, 0.1) is 5.69 Å². The predicted molar refractivity (Wildman–Crippen MR) is 66.7 cm³/mol. The van der Waals surface area contributed by atoms with Crippen LogP contribution in [0.15, 0.2) is 47.3 Å². The van der Waals surface area contributed by atoms with Gasteiger partial charge in [-0.3, -0.25) is 9.97 Å². The summed E-state index contributed by atoms with van der Waals surface area (Å²) < 4.78 is 1.00. The molecule has 0 aliphatic heterocycles. The van der Waals surface area contributed by atoms with Crippen LogP contribution in [-0.4, -0.2) is 9.97 Å². The predicted octanol–water partition coefficient (Wildman–Crippen LogP) is 2.53. The molecule has 16 heavy (non-hydrogen) atoms. The molecule has 2 rings (SSSR count). The Bertz CT molecular complexity index is 428. The van der Waals surface area contributed by atoms with E-state index in [1.54, 1.807) is 12.4 Å². The van der Waals surface area contributed by atoms with E-state index in [0.717, 1.165) is 23.3 Å². The van der Waals surface area contributed by atoms with Crippen molar-refractivity contribution in [2.24, 2.45) is 0 Å². The van der Waals surface area contributed by atoms with Crippen LogP contribution < -0.4 is 5.32 Å². The minimum absolute atomic E-state index is 0.766. The van der Waals surface area contributed by atoms with Crippen molar-refractivity contribution in [3.63, 3.8) is 0 Å².